The van der Waals surface area contributed by atoms with Crippen molar-refractivity contribution < 1.29 is 38.5 Å². The number of rotatable bonds is 12. The molecule has 3 heterocycles. The minimum absolute atomic E-state index is 0.0394. The van der Waals surface area contributed by atoms with Crippen molar-refractivity contribution in [2.45, 2.75) is 135 Å². The zero-order chi connectivity index (χ0) is 45.0. The first-order valence-electron chi connectivity index (χ1n) is 22.9. The highest BCUT2D eigenvalue weighted by Gasteiger charge is 2.46. The Labute approximate surface area is 376 Å². The molecular formula is C52H62N4O8. The van der Waals surface area contributed by atoms with Gasteiger partial charge in [-0.25, -0.2) is 4.79 Å². The maximum atomic E-state index is 14.0. The summed E-state index contributed by atoms with van der Waals surface area (Å²) in [6, 6.07) is 32.1. The lowest BCUT2D eigenvalue weighted by Gasteiger charge is -2.51. The molecule has 3 N–H and O–H groups in total. The first-order chi connectivity index (χ1) is 30.8. The van der Waals surface area contributed by atoms with E-state index in [2.05, 4.69) is 22.5 Å². The van der Waals surface area contributed by atoms with Crippen LogP contribution in [0.2, 0.25) is 0 Å². The van der Waals surface area contributed by atoms with Crippen LogP contribution >= 0.6 is 0 Å². The molecular weight excluding hydrogens is 809 g/mol. The number of hydrogen-bond donors (Lipinski definition) is 3. The van der Waals surface area contributed by atoms with Gasteiger partial charge in [0.05, 0.1) is 37.8 Å². The molecule has 64 heavy (non-hydrogen) atoms. The van der Waals surface area contributed by atoms with E-state index in [1.807, 2.05) is 124 Å². The van der Waals surface area contributed by atoms with E-state index in [1.165, 1.54) is 17.7 Å². The number of fused-ring (bicyclic) bond motifs is 1. The summed E-state index contributed by atoms with van der Waals surface area (Å²) in [5, 5.41) is 15.6. The Morgan fingerprint density at radius 2 is 1.52 bits per heavy atom. The molecule has 4 fully saturated rings. The quantitative estimate of drug-likeness (QED) is 0.120. The molecule has 0 spiro atoms. The molecule has 0 aromatic heterocycles. The maximum Gasteiger partial charge on any atom is 0.408 e. The Morgan fingerprint density at radius 1 is 0.797 bits per heavy atom. The van der Waals surface area contributed by atoms with Crippen molar-refractivity contribution in [3.63, 3.8) is 0 Å². The molecule has 1 saturated carbocycles. The van der Waals surface area contributed by atoms with Crippen LogP contribution in [0.15, 0.2) is 103 Å². The van der Waals surface area contributed by atoms with Gasteiger partial charge < -0.3 is 30.0 Å². The summed E-state index contributed by atoms with van der Waals surface area (Å²) in [6.07, 6.45) is 4.45. The lowest BCUT2D eigenvalue weighted by Crippen LogP contribution is -2.61. The SMILES string of the molecule is C[C@H]1[C@@H](CN2[C@@H](C(=O)NC(C)(C)C)CC[C@H]3CCCC[C@H]32)O[C@@H](c2ccc(-c3cccc(CN4C(=O)CC(NC(=O)OCc5ccccc5)C4=O)c3)cc2)O[C@H]1c1ccc(CO)cc1. The molecule has 4 aromatic carbocycles. The Kier molecular flexibility index (Phi) is 14.0. The van der Waals surface area contributed by atoms with Crippen LogP contribution in [0.1, 0.15) is 113 Å². The van der Waals surface area contributed by atoms with Gasteiger partial charge in [0.25, 0.3) is 5.91 Å². The summed E-state index contributed by atoms with van der Waals surface area (Å²) in [4.78, 5) is 56.4. The third-order valence-corrected chi connectivity index (χ3v) is 13.4. The second kappa shape index (κ2) is 19.8. The Hall–Kier alpha value is -5.40. The van der Waals surface area contributed by atoms with Crippen LogP contribution in [-0.4, -0.2) is 75.0 Å². The number of alkyl carbamates (subject to hydrolysis) is 1. The lowest BCUT2D eigenvalue weighted by atomic mass is 9.75. The molecule has 3 saturated heterocycles. The largest absolute Gasteiger partial charge is 0.445 e. The van der Waals surface area contributed by atoms with Crippen LogP contribution in [0.4, 0.5) is 4.79 Å². The van der Waals surface area contributed by atoms with Gasteiger partial charge in [0.1, 0.15) is 12.6 Å². The summed E-state index contributed by atoms with van der Waals surface area (Å²) in [6.45, 7) is 8.98. The van der Waals surface area contributed by atoms with Crippen LogP contribution in [0.3, 0.4) is 0 Å². The molecule has 3 aliphatic heterocycles. The van der Waals surface area contributed by atoms with Crippen molar-refractivity contribution in [3.05, 3.63) is 131 Å². The van der Waals surface area contributed by atoms with Gasteiger partial charge >= 0.3 is 6.09 Å². The molecule has 338 valence electrons. The van der Waals surface area contributed by atoms with E-state index in [0.717, 1.165) is 64.6 Å². The fourth-order valence-corrected chi connectivity index (χ4v) is 10.00. The number of nitrogens with one attached hydrogen (secondary N) is 2. The predicted octanol–water partition coefficient (Wildman–Crippen LogP) is 8.13. The number of imide groups is 1. The second-order valence-corrected chi connectivity index (χ2v) is 19.1. The van der Waals surface area contributed by atoms with Crippen molar-refractivity contribution in [2.24, 2.45) is 11.8 Å². The van der Waals surface area contributed by atoms with Crippen molar-refractivity contribution in [3.8, 4) is 11.1 Å². The maximum absolute atomic E-state index is 14.0. The fourth-order valence-electron chi connectivity index (χ4n) is 10.00. The Morgan fingerprint density at radius 3 is 2.25 bits per heavy atom. The smallest absolute Gasteiger partial charge is 0.408 e. The average Bonchev–Trinajstić information content (AvgIpc) is 3.55. The number of nitrogens with zero attached hydrogens (tertiary/aromatic N) is 2. The van der Waals surface area contributed by atoms with Crippen LogP contribution in [0, 0.1) is 11.8 Å². The Bertz CT molecular complexity index is 2260. The van der Waals surface area contributed by atoms with Gasteiger partial charge in [-0.05, 0) is 91.8 Å². The number of carbonyl (C=O) groups excluding carboxylic acids is 4. The Balaban J connectivity index is 0.979. The molecule has 4 aromatic rings. The number of benzene rings is 4. The fraction of sp³-hybridized carbons (Fsp3) is 0.462. The molecule has 1 unspecified atom stereocenters. The molecule has 8 rings (SSSR count). The van der Waals surface area contributed by atoms with Gasteiger partial charge in [0.15, 0.2) is 6.29 Å². The van der Waals surface area contributed by atoms with Crippen LogP contribution in [0.25, 0.3) is 11.1 Å². The molecule has 0 radical (unpaired) electrons. The van der Waals surface area contributed by atoms with Crippen molar-refractivity contribution in [2.75, 3.05) is 6.54 Å². The van der Waals surface area contributed by atoms with E-state index in [0.29, 0.717) is 18.5 Å². The van der Waals surface area contributed by atoms with Gasteiger partial charge in [-0.1, -0.05) is 117 Å². The highest BCUT2D eigenvalue weighted by molar-refractivity contribution is 6.06. The highest BCUT2D eigenvalue weighted by Crippen LogP contribution is 2.45. The molecule has 1 aliphatic carbocycles. The van der Waals surface area contributed by atoms with E-state index in [4.69, 9.17) is 14.2 Å². The number of aliphatic hydroxyl groups excluding tert-OH is 1. The number of piperidine rings is 1. The summed E-state index contributed by atoms with van der Waals surface area (Å²) >= 11 is 0. The van der Waals surface area contributed by atoms with Gasteiger partial charge in [-0.15, -0.1) is 0 Å². The number of ether oxygens (including phenoxy) is 3. The van der Waals surface area contributed by atoms with Crippen LogP contribution in [-0.2, 0) is 48.4 Å². The zero-order valence-electron chi connectivity index (χ0n) is 37.4. The average molecular weight is 871 g/mol. The summed E-state index contributed by atoms with van der Waals surface area (Å²) < 4.78 is 19.1. The van der Waals surface area contributed by atoms with Crippen LogP contribution in [0.5, 0.6) is 0 Å². The predicted molar refractivity (Wildman–Crippen MR) is 242 cm³/mol. The van der Waals surface area contributed by atoms with Gasteiger partial charge in [-0.3, -0.25) is 24.2 Å². The molecule has 4 amide bonds. The number of hydrogen-bond acceptors (Lipinski definition) is 9. The lowest BCUT2D eigenvalue weighted by molar-refractivity contribution is -0.278. The zero-order valence-corrected chi connectivity index (χ0v) is 37.4. The second-order valence-electron chi connectivity index (χ2n) is 19.1. The monoisotopic (exact) mass is 870 g/mol. The molecule has 12 nitrogen and oxygen atoms in total. The minimum atomic E-state index is -0.990. The normalized spacial score (nSPS) is 26.3. The van der Waals surface area contributed by atoms with E-state index in [9.17, 15) is 24.3 Å². The van der Waals surface area contributed by atoms with Gasteiger partial charge in [0.2, 0.25) is 11.8 Å². The van der Waals surface area contributed by atoms with Crippen LogP contribution < -0.4 is 10.6 Å². The highest BCUT2D eigenvalue weighted by atomic mass is 16.7. The minimum Gasteiger partial charge on any atom is -0.445 e. The first kappa shape index (κ1) is 45.2. The number of likely N-dealkylation sites (tertiary alicyclic amines) is 2. The number of carbonyl (C=O) groups is 4. The summed E-state index contributed by atoms with van der Waals surface area (Å²) in [5.41, 5.74) is 5.79. The van der Waals surface area contributed by atoms with E-state index < -0.39 is 24.3 Å². The van der Waals surface area contributed by atoms with Gasteiger partial charge in [0, 0.05) is 29.6 Å². The molecule has 4 aliphatic rings. The van der Waals surface area contributed by atoms with Crippen molar-refractivity contribution >= 4 is 23.8 Å². The van der Waals surface area contributed by atoms with E-state index in [1.54, 1.807) is 0 Å². The third-order valence-electron chi connectivity index (χ3n) is 13.4. The standard InChI is InChI=1S/C52H62N4O8/c1-33-45(30-55-43-16-9-8-14-38(43)25-26-44(55)48(59)54-52(2,3)4)63-50(64-47(33)39-19-17-34(31-57)18-20-39)40-23-21-37(22-24-40)41-15-10-13-36(27-41)29-56-46(58)28-42(49(56)60)53-51(61)62-32-35-11-6-5-7-12-35/h5-7,10-13,15,17-24,27,33,38,42-45,47,50,57H,8-9,14,16,25-26,28-32H2,1-4H3,(H,53,61)(H,54,59)/t33-,38+,42?,43+,44+,45+,47+,50+/m0/s1. The third kappa shape index (κ3) is 10.6. The van der Waals surface area contributed by atoms with Crippen molar-refractivity contribution in [1.82, 2.24) is 20.4 Å². The molecule has 0 bridgehead atoms. The molecule has 8 atom stereocenters. The summed E-state index contributed by atoms with van der Waals surface area (Å²) in [7, 11) is 0. The van der Waals surface area contributed by atoms with E-state index >= 15 is 0 Å². The van der Waals surface area contributed by atoms with E-state index in [-0.39, 0.29) is 67.7 Å². The van der Waals surface area contributed by atoms with Gasteiger partial charge in [-0.2, -0.15) is 0 Å². The number of aliphatic hydroxyl groups is 1. The first-order valence-corrected chi connectivity index (χ1v) is 22.9. The topological polar surface area (TPSA) is 147 Å². The number of amides is 4. The van der Waals surface area contributed by atoms with Crippen molar-refractivity contribution in [1.29, 1.82) is 0 Å². The summed E-state index contributed by atoms with van der Waals surface area (Å²) in [5.74, 6) is -0.222. The molecule has 12 heteroatoms.